The number of hydrogen-bond donors (Lipinski definition) is 0. The molecule has 6 nitrogen and oxygen atoms in total. The normalized spacial score (nSPS) is 15.8. The van der Waals surface area contributed by atoms with Gasteiger partial charge in [0.25, 0.3) is 0 Å². The SMILES string of the molecule is COc1ccc(F)cc1CN1CCN(CC(=O)N(Cc2ccco2)CC(F)(F)F)CC1. The molecule has 170 valence electrons. The number of piperazine rings is 1. The van der Waals surface area contributed by atoms with E-state index in [1.807, 2.05) is 4.90 Å². The molecule has 2 aromatic rings. The first-order chi connectivity index (χ1) is 14.7. The second kappa shape index (κ2) is 10.1. The number of hydrogen-bond acceptors (Lipinski definition) is 5. The van der Waals surface area contributed by atoms with Crippen LogP contribution in [0.2, 0.25) is 0 Å². The summed E-state index contributed by atoms with van der Waals surface area (Å²) in [5.74, 6) is -0.0542. The van der Waals surface area contributed by atoms with E-state index in [1.54, 1.807) is 12.1 Å². The molecule has 1 aromatic heterocycles. The Balaban J connectivity index is 1.54. The lowest BCUT2D eigenvalue weighted by atomic mass is 10.1. The molecule has 31 heavy (non-hydrogen) atoms. The molecule has 1 aliphatic heterocycles. The summed E-state index contributed by atoms with van der Waals surface area (Å²) in [6.07, 6.45) is -3.14. The van der Waals surface area contributed by atoms with E-state index >= 15 is 0 Å². The molecule has 1 aliphatic rings. The maximum atomic E-state index is 13.6. The van der Waals surface area contributed by atoms with Crippen LogP contribution in [0.1, 0.15) is 11.3 Å². The van der Waals surface area contributed by atoms with Crippen LogP contribution in [0.5, 0.6) is 5.75 Å². The zero-order valence-electron chi connectivity index (χ0n) is 17.2. The lowest BCUT2D eigenvalue weighted by Gasteiger charge is -2.35. The van der Waals surface area contributed by atoms with E-state index in [-0.39, 0.29) is 18.9 Å². The highest BCUT2D eigenvalue weighted by molar-refractivity contribution is 5.78. The first-order valence-corrected chi connectivity index (χ1v) is 9.87. The van der Waals surface area contributed by atoms with Gasteiger partial charge < -0.3 is 14.1 Å². The van der Waals surface area contributed by atoms with Crippen molar-refractivity contribution in [3.8, 4) is 5.75 Å². The number of furan rings is 1. The van der Waals surface area contributed by atoms with Crippen molar-refractivity contribution in [1.82, 2.24) is 14.7 Å². The average molecular weight is 443 g/mol. The van der Waals surface area contributed by atoms with Gasteiger partial charge in [-0.25, -0.2) is 4.39 Å². The number of amides is 1. The minimum Gasteiger partial charge on any atom is -0.496 e. The standard InChI is InChI=1S/C21H25F4N3O3/c1-30-19-5-4-17(22)11-16(19)12-26-6-8-27(9-7-26)14-20(29)28(15-21(23,24)25)13-18-3-2-10-31-18/h2-5,10-11H,6-9,12-15H2,1H3. The molecule has 10 heteroatoms. The van der Waals surface area contributed by atoms with Crippen molar-refractivity contribution in [3.63, 3.8) is 0 Å². The van der Waals surface area contributed by atoms with Gasteiger partial charge in [0, 0.05) is 38.3 Å². The Morgan fingerprint density at radius 2 is 1.87 bits per heavy atom. The van der Waals surface area contributed by atoms with Gasteiger partial charge in [0.2, 0.25) is 5.91 Å². The van der Waals surface area contributed by atoms with Crippen molar-refractivity contribution < 1.29 is 31.5 Å². The minimum atomic E-state index is -4.50. The van der Waals surface area contributed by atoms with Crippen LogP contribution >= 0.6 is 0 Å². The van der Waals surface area contributed by atoms with Crippen LogP contribution in [0.15, 0.2) is 41.0 Å². The molecule has 0 radical (unpaired) electrons. The summed E-state index contributed by atoms with van der Waals surface area (Å²) in [7, 11) is 1.52. The first-order valence-electron chi connectivity index (χ1n) is 9.87. The number of carbonyl (C=O) groups excluding carboxylic acids is 1. The highest BCUT2D eigenvalue weighted by Crippen LogP contribution is 2.22. The summed E-state index contributed by atoms with van der Waals surface area (Å²) in [5, 5.41) is 0. The zero-order chi connectivity index (χ0) is 22.4. The smallest absolute Gasteiger partial charge is 0.406 e. The Morgan fingerprint density at radius 3 is 2.48 bits per heavy atom. The van der Waals surface area contributed by atoms with Crippen molar-refractivity contribution in [2.75, 3.05) is 46.4 Å². The van der Waals surface area contributed by atoms with Crippen molar-refractivity contribution in [3.05, 3.63) is 53.7 Å². The Labute approximate surface area is 178 Å². The van der Waals surface area contributed by atoms with Crippen molar-refractivity contribution in [1.29, 1.82) is 0 Å². The number of ether oxygens (including phenoxy) is 1. The summed E-state index contributed by atoms with van der Waals surface area (Å²) < 4.78 is 62.8. The number of rotatable bonds is 8. The van der Waals surface area contributed by atoms with E-state index in [0.717, 1.165) is 10.5 Å². The number of methoxy groups -OCH3 is 1. The molecule has 0 saturated carbocycles. The molecule has 0 aliphatic carbocycles. The molecule has 0 unspecified atom stereocenters. The maximum absolute atomic E-state index is 13.6. The minimum absolute atomic E-state index is 0.103. The molecule has 1 aromatic carbocycles. The van der Waals surface area contributed by atoms with E-state index in [2.05, 4.69) is 4.90 Å². The second-order valence-electron chi connectivity index (χ2n) is 7.45. The highest BCUT2D eigenvalue weighted by Gasteiger charge is 2.34. The van der Waals surface area contributed by atoms with Crippen molar-refractivity contribution >= 4 is 5.91 Å². The van der Waals surface area contributed by atoms with Gasteiger partial charge in [0.15, 0.2) is 0 Å². The molecule has 2 heterocycles. The number of benzene rings is 1. The molecule has 0 N–H and O–H groups in total. The molecule has 1 saturated heterocycles. The first kappa shape index (κ1) is 23.1. The van der Waals surface area contributed by atoms with Crippen molar-refractivity contribution in [2.24, 2.45) is 0 Å². The largest absolute Gasteiger partial charge is 0.496 e. The third-order valence-electron chi connectivity index (χ3n) is 5.11. The van der Waals surface area contributed by atoms with Crippen LogP contribution in [0, 0.1) is 5.82 Å². The van der Waals surface area contributed by atoms with Crippen LogP contribution in [-0.4, -0.2) is 73.2 Å². The quantitative estimate of drug-likeness (QED) is 0.587. The topological polar surface area (TPSA) is 49.2 Å². The van der Waals surface area contributed by atoms with Crippen LogP contribution in [-0.2, 0) is 17.9 Å². The molecular formula is C21H25F4N3O3. The second-order valence-corrected chi connectivity index (χ2v) is 7.45. The van der Waals surface area contributed by atoms with Crippen molar-refractivity contribution in [2.45, 2.75) is 19.3 Å². The average Bonchev–Trinajstić information content (AvgIpc) is 3.21. The Morgan fingerprint density at radius 1 is 1.16 bits per heavy atom. The molecule has 0 atom stereocenters. The van der Waals surface area contributed by atoms with E-state index < -0.39 is 18.6 Å². The molecule has 1 amide bonds. The van der Waals surface area contributed by atoms with E-state index in [1.165, 1.54) is 31.6 Å². The van der Waals surface area contributed by atoms with Gasteiger partial charge in [0.1, 0.15) is 23.9 Å². The predicted octanol–water partition coefficient (Wildman–Crippen LogP) is 3.14. The van der Waals surface area contributed by atoms with Crippen LogP contribution in [0.25, 0.3) is 0 Å². The molecule has 1 fully saturated rings. The monoisotopic (exact) mass is 443 g/mol. The fourth-order valence-electron chi connectivity index (χ4n) is 3.55. The summed E-state index contributed by atoms with van der Waals surface area (Å²) in [6, 6.07) is 7.45. The molecule has 0 bridgehead atoms. The third-order valence-corrected chi connectivity index (χ3v) is 5.11. The molecular weight excluding hydrogens is 418 g/mol. The maximum Gasteiger partial charge on any atom is 0.406 e. The molecule has 0 spiro atoms. The van der Waals surface area contributed by atoms with Crippen LogP contribution in [0.4, 0.5) is 17.6 Å². The number of alkyl halides is 3. The van der Waals surface area contributed by atoms with E-state index in [9.17, 15) is 22.4 Å². The van der Waals surface area contributed by atoms with E-state index in [4.69, 9.17) is 9.15 Å². The van der Waals surface area contributed by atoms with Crippen LogP contribution < -0.4 is 4.74 Å². The Kier molecular flexibility index (Phi) is 7.55. The van der Waals surface area contributed by atoms with Gasteiger partial charge in [-0.1, -0.05) is 0 Å². The third kappa shape index (κ3) is 6.96. The van der Waals surface area contributed by atoms with E-state index in [0.29, 0.717) is 44.2 Å². The number of nitrogens with zero attached hydrogens (tertiary/aromatic N) is 3. The number of halogens is 4. The van der Waals surface area contributed by atoms with Gasteiger partial charge >= 0.3 is 6.18 Å². The molecule has 3 rings (SSSR count). The summed E-state index contributed by atoms with van der Waals surface area (Å²) in [5.41, 5.74) is 0.724. The highest BCUT2D eigenvalue weighted by atomic mass is 19.4. The summed E-state index contributed by atoms with van der Waals surface area (Å²) in [6.45, 7) is 1.06. The summed E-state index contributed by atoms with van der Waals surface area (Å²) in [4.78, 5) is 17.3. The fraction of sp³-hybridized carbons (Fsp3) is 0.476. The Hall–Kier alpha value is -2.59. The van der Waals surface area contributed by atoms with Crippen LogP contribution in [0.3, 0.4) is 0 Å². The predicted molar refractivity (Wildman–Crippen MR) is 105 cm³/mol. The van der Waals surface area contributed by atoms with Gasteiger partial charge in [0.05, 0.1) is 26.5 Å². The summed E-state index contributed by atoms with van der Waals surface area (Å²) >= 11 is 0. The fourth-order valence-corrected chi connectivity index (χ4v) is 3.55. The van der Waals surface area contributed by atoms with Gasteiger partial charge in [-0.2, -0.15) is 13.2 Å². The van der Waals surface area contributed by atoms with Gasteiger partial charge in [-0.3, -0.25) is 14.6 Å². The number of carbonyl (C=O) groups is 1. The van der Waals surface area contributed by atoms with Gasteiger partial charge in [-0.15, -0.1) is 0 Å². The Bertz CT molecular complexity index is 850. The lowest BCUT2D eigenvalue weighted by molar-refractivity contribution is -0.163. The van der Waals surface area contributed by atoms with Gasteiger partial charge in [-0.05, 0) is 30.3 Å². The lowest BCUT2D eigenvalue weighted by Crippen LogP contribution is -2.50. The zero-order valence-corrected chi connectivity index (χ0v) is 17.2.